The van der Waals surface area contributed by atoms with Crippen LogP contribution in [0.1, 0.15) is 46.5 Å². The summed E-state index contributed by atoms with van der Waals surface area (Å²) in [4.78, 5) is 14.9. The highest BCUT2D eigenvalue weighted by Gasteiger charge is 2.45. The summed E-state index contributed by atoms with van der Waals surface area (Å²) in [7, 11) is 1.49. The number of ether oxygens (including phenoxy) is 2. The molecule has 1 heterocycles. The van der Waals surface area contributed by atoms with Crippen molar-refractivity contribution in [3.05, 3.63) is 0 Å². The second kappa shape index (κ2) is 7.07. The van der Waals surface area contributed by atoms with Gasteiger partial charge in [0.25, 0.3) is 0 Å². The zero-order valence-corrected chi connectivity index (χ0v) is 13.9. The van der Waals surface area contributed by atoms with Gasteiger partial charge in [-0.25, -0.2) is 0 Å². The molecule has 0 spiro atoms. The number of nitrogens with zero attached hydrogens (tertiary/aromatic N) is 1. The van der Waals surface area contributed by atoms with Crippen LogP contribution < -0.4 is 5.32 Å². The molecule has 122 valence electrons. The Morgan fingerprint density at radius 1 is 1.48 bits per heavy atom. The van der Waals surface area contributed by atoms with Gasteiger partial charge in [-0.3, -0.25) is 9.69 Å². The number of nitrogens with one attached hydrogen (secondary N) is 1. The third-order valence-electron chi connectivity index (χ3n) is 4.94. The quantitative estimate of drug-likeness (QED) is 0.798. The number of carbonyl (C=O) groups is 1. The number of carbonyl (C=O) groups excluding carboxylic acids is 1. The van der Waals surface area contributed by atoms with Crippen LogP contribution in [0.3, 0.4) is 0 Å². The molecule has 0 bridgehead atoms. The lowest BCUT2D eigenvalue weighted by Gasteiger charge is -2.47. The van der Waals surface area contributed by atoms with E-state index in [0.29, 0.717) is 12.1 Å². The van der Waals surface area contributed by atoms with Crippen LogP contribution in [0.15, 0.2) is 0 Å². The average molecular weight is 298 g/mol. The summed E-state index contributed by atoms with van der Waals surface area (Å²) in [5.74, 6) is -0.108. The molecule has 5 heteroatoms. The Balaban J connectivity index is 2.12. The Morgan fingerprint density at radius 2 is 2.24 bits per heavy atom. The zero-order chi connectivity index (χ0) is 15.5. The first kappa shape index (κ1) is 16.7. The van der Waals surface area contributed by atoms with Gasteiger partial charge in [0.1, 0.15) is 5.54 Å². The van der Waals surface area contributed by atoms with E-state index >= 15 is 0 Å². The maximum atomic E-state index is 12.3. The Kier molecular flexibility index (Phi) is 5.63. The van der Waals surface area contributed by atoms with Gasteiger partial charge < -0.3 is 14.8 Å². The summed E-state index contributed by atoms with van der Waals surface area (Å²) < 4.78 is 10.8. The molecule has 4 unspecified atom stereocenters. The van der Waals surface area contributed by atoms with Crippen molar-refractivity contribution in [1.82, 2.24) is 10.2 Å². The zero-order valence-electron chi connectivity index (χ0n) is 13.9. The fraction of sp³-hybridized carbons (Fsp3) is 0.938. The Morgan fingerprint density at radius 3 is 2.90 bits per heavy atom. The van der Waals surface area contributed by atoms with Crippen LogP contribution in [0.25, 0.3) is 0 Å². The van der Waals surface area contributed by atoms with Crippen LogP contribution in [0.5, 0.6) is 0 Å². The van der Waals surface area contributed by atoms with Crippen molar-refractivity contribution in [2.24, 2.45) is 0 Å². The molecule has 0 aromatic rings. The standard InChI is InChI=1S/C16H30N2O3/c1-5-17-16(15(19)20-4)8-6-7-14(9-16)18-10-13(3)21-11-12(18)2/h12-14,17H,5-11H2,1-4H3. The molecule has 1 saturated heterocycles. The molecule has 5 nitrogen and oxygen atoms in total. The number of esters is 1. The van der Waals surface area contributed by atoms with Crippen LogP contribution in [-0.2, 0) is 14.3 Å². The van der Waals surface area contributed by atoms with Gasteiger partial charge in [0.15, 0.2) is 0 Å². The lowest BCUT2D eigenvalue weighted by molar-refractivity contribution is -0.152. The molecule has 1 N–H and O–H groups in total. The fourth-order valence-electron chi connectivity index (χ4n) is 3.92. The summed E-state index contributed by atoms with van der Waals surface area (Å²) in [6, 6.07) is 0.847. The van der Waals surface area contributed by atoms with Crippen LogP contribution in [-0.4, -0.2) is 61.4 Å². The monoisotopic (exact) mass is 298 g/mol. The minimum Gasteiger partial charge on any atom is -0.468 e. The second-order valence-electron chi connectivity index (χ2n) is 6.54. The van der Waals surface area contributed by atoms with Crippen molar-refractivity contribution in [1.29, 1.82) is 0 Å². The smallest absolute Gasteiger partial charge is 0.326 e. The molecule has 0 aromatic heterocycles. The number of rotatable bonds is 4. The topological polar surface area (TPSA) is 50.8 Å². The van der Waals surface area contributed by atoms with Gasteiger partial charge in [-0.05, 0) is 46.1 Å². The van der Waals surface area contributed by atoms with Gasteiger partial charge >= 0.3 is 5.97 Å². The lowest BCUT2D eigenvalue weighted by atomic mass is 9.77. The summed E-state index contributed by atoms with van der Waals surface area (Å²) in [5, 5.41) is 3.41. The number of hydrogen-bond donors (Lipinski definition) is 1. The minimum atomic E-state index is -0.506. The third-order valence-corrected chi connectivity index (χ3v) is 4.94. The van der Waals surface area contributed by atoms with E-state index in [4.69, 9.17) is 9.47 Å². The van der Waals surface area contributed by atoms with Gasteiger partial charge in [0.05, 0.1) is 19.8 Å². The highest BCUT2D eigenvalue weighted by molar-refractivity contribution is 5.81. The average Bonchev–Trinajstić information content (AvgIpc) is 2.49. The number of morpholine rings is 1. The maximum absolute atomic E-state index is 12.3. The molecule has 1 saturated carbocycles. The van der Waals surface area contributed by atoms with E-state index in [0.717, 1.165) is 45.4 Å². The Hall–Kier alpha value is -0.650. The molecule has 21 heavy (non-hydrogen) atoms. The van der Waals surface area contributed by atoms with Crippen molar-refractivity contribution in [3.63, 3.8) is 0 Å². The maximum Gasteiger partial charge on any atom is 0.326 e. The lowest BCUT2D eigenvalue weighted by Crippen LogP contribution is -2.61. The molecular weight excluding hydrogens is 268 g/mol. The molecule has 0 radical (unpaired) electrons. The Labute approximate surface area is 128 Å². The number of methoxy groups -OCH3 is 1. The van der Waals surface area contributed by atoms with Gasteiger partial charge in [-0.15, -0.1) is 0 Å². The summed E-state index contributed by atoms with van der Waals surface area (Å²) >= 11 is 0. The third kappa shape index (κ3) is 3.58. The van der Waals surface area contributed by atoms with Gasteiger partial charge in [0, 0.05) is 18.6 Å². The second-order valence-corrected chi connectivity index (χ2v) is 6.54. The molecule has 0 amide bonds. The van der Waals surface area contributed by atoms with Crippen molar-refractivity contribution in [2.75, 3.05) is 26.8 Å². The normalized spacial score (nSPS) is 38.2. The first-order valence-electron chi connectivity index (χ1n) is 8.23. The van der Waals surface area contributed by atoms with Crippen LogP contribution >= 0.6 is 0 Å². The predicted octanol–water partition coefficient (Wildman–Crippen LogP) is 1.56. The highest BCUT2D eigenvalue weighted by atomic mass is 16.5. The predicted molar refractivity (Wildman–Crippen MR) is 82.3 cm³/mol. The molecule has 4 atom stereocenters. The van der Waals surface area contributed by atoms with E-state index < -0.39 is 5.54 Å². The van der Waals surface area contributed by atoms with E-state index in [-0.39, 0.29) is 12.1 Å². The highest BCUT2D eigenvalue weighted by Crippen LogP contribution is 2.34. The molecule has 2 fully saturated rings. The SMILES string of the molecule is CCNC1(C(=O)OC)CCCC(N2CC(C)OCC2C)C1. The van der Waals surface area contributed by atoms with E-state index in [1.165, 1.54) is 7.11 Å². The van der Waals surface area contributed by atoms with Crippen LogP contribution in [0, 0.1) is 0 Å². The van der Waals surface area contributed by atoms with Crippen LogP contribution in [0.2, 0.25) is 0 Å². The van der Waals surface area contributed by atoms with Gasteiger partial charge in [-0.1, -0.05) is 6.92 Å². The van der Waals surface area contributed by atoms with Crippen molar-refractivity contribution in [3.8, 4) is 0 Å². The molecule has 1 aliphatic heterocycles. The first-order chi connectivity index (χ1) is 10.0. The van der Waals surface area contributed by atoms with Gasteiger partial charge in [0.2, 0.25) is 0 Å². The van der Waals surface area contributed by atoms with Crippen molar-refractivity contribution in [2.45, 2.75) is 70.2 Å². The van der Waals surface area contributed by atoms with Gasteiger partial charge in [-0.2, -0.15) is 0 Å². The van der Waals surface area contributed by atoms with E-state index in [2.05, 4.69) is 24.1 Å². The van der Waals surface area contributed by atoms with Crippen molar-refractivity contribution < 1.29 is 14.3 Å². The Bertz CT molecular complexity index is 359. The van der Waals surface area contributed by atoms with Crippen LogP contribution in [0.4, 0.5) is 0 Å². The van der Waals surface area contributed by atoms with Crippen molar-refractivity contribution >= 4 is 5.97 Å². The minimum absolute atomic E-state index is 0.108. The molecule has 1 aliphatic carbocycles. The summed E-state index contributed by atoms with van der Waals surface area (Å²) in [6.07, 6.45) is 4.20. The summed E-state index contributed by atoms with van der Waals surface area (Å²) in [5.41, 5.74) is -0.506. The fourth-order valence-corrected chi connectivity index (χ4v) is 3.92. The first-order valence-corrected chi connectivity index (χ1v) is 8.23. The molecule has 2 aliphatic rings. The van der Waals surface area contributed by atoms with E-state index in [9.17, 15) is 4.79 Å². The van der Waals surface area contributed by atoms with E-state index in [1.54, 1.807) is 0 Å². The molecule has 2 rings (SSSR count). The molecular formula is C16H30N2O3. The molecule has 0 aromatic carbocycles. The van der Waals surface area contributed by atoms with E-state index in [1.807, 2.05) is 6.92 Å². The summed E-state index contributed by atoms with van der Waals surface area (Å²) in [6.45, 7) is 8.91. The number of likely N-dealkylation sites (N-methyl/N-ethyl adjacent to an activating group) is 1. The number of hydrogen-bond acceptors (Lipinski definition) is 5. The largest absolute Gasteiger partial charge is 0.468 e.